The Morgan fingerprint density at radius 3 is 2.75 bits per heavy atom. The first-order chi connectivity index (χ1) is 11.6. The number of nitrogens with one attached hydrogen (secondary N) is 1. The lowest BCUT2D eigenvalue weighted by molar-refractivity contribution is -0.126. The van der Waals surface area contributed by atoms with Gasteiger partial charge in [-0.25, -0.2) is 0 Å². The van der Waals surface area contributed by atoms with E-state index in [9.17, 15) is 9.59 Å². The third kappa shape index (κ3) is 4.19. The van der Waals surface area contributed by atoms with Crippen LogP contribution >= 0.6 is 0 Å². The molecule has 0 saturated carbocycles. The van der Waals surface area contributed by atoms with Crippen LogP contribution in [-0.4, -0.2) is 39.1 Å². The second-order valence-corrected chi connectivity index (χ2v) is 5.94. The number of ether oxygens (including phenoxy) is 2. The first kappa shape index (κ1) is 18.1. The van der Waals surface area contributed by atoms with Crippen molar-refractivity contribution in [2.24, 2.45) is 5.92 Å². The molecule has 0 aromatic heterocycles. The molecule has 1 aromatic rings. The maximum atomic E-state index is 12.3. The van der Waals surface area contributed by atoms with Crippen LogP contribution in [0.1, 0.15) is 32.6 Å². The number of anilines is 1. The predicted molar refractivity (Wildman–Crippen MR) is 92.5 cm³/mol. The standard InChI is InChI=1S/C18H26N2O4/c1-4-5-6-9-19-18(22)13-10-17(21)20(12-13)15-8-7-14(23-2)11-16(15)24-3/h7-8,11,13H,4-6,9-10,12H2,1-3H3,(H,19,22). The molecule has 6 nitrogen and oxygen atoms in total. The molecule has 1 aliphatic rings. The minimum atomic E-state index is -0.314. The maximum absolute atomic E-state index is 12.3. The Kier molecular flexibility index (Phi) is 6.46. The van der Waals surface area contributed by atoms with Gasteiger partial charge >= 0.3 is 0 Å². The minimum absolute atomic E-state index is 0.0468. The second kappa shape index (κ2) is 8.57. The van der Waals surface area contributed by atoms with Gasteiger partial charge < -0.3 is 19.7 Å². The second-order valence-electron chi connectivity index (χ2n) is 5.94. The molecule has 24 heavy (non-hydrogen) atoms. The van der Waals surface area contributed by atoms with E-state index in [1.807, 2.05) is 0 Å². The van der Waals surface area contributed by atoms with Crippen LogP contribution in [0.15, 0.2) is 18.2 Å². The van der Waals surface area contributed by atoms with Gasteiger partial charge in [-0.1, -0.05) is 19.8 Å². The number of hydrogen-bond donors (Lipinski definition) is 1. The quantitative estimate of drug-likeness (QED) is 0.741. The van der Waals surface area contributed by atoms with Gasteiger partial charge in [0.25, 0.3) is 0 Å². The molecular weight excluding hydrogens is 308 g/mol. The van der Waals surface area contributed by atoms with Gasteiger partial charge in [0.15, 0.2) is 0 Å². The highest BCUT2D eigenvalue weighted by atomic mass is 16.5. The number of carbonyl (C=O) groups excluding carboxylic acids is 2. The molecule has 1 unspecified atom stereocenters. The largest absolute Gasteiger partial charge is 0.497 e. The van der Waals surface area contributed by atoms with Gasteiger partial charge in [0, 0.05) is 25.6 Å². The number of nitrogens with zero attached hydrogens (tertiary/aromatic N) is 1. The summed E-state index contributed by atoms with van der Waals surface area (Å²) in [4.78, 5) is 26.2. The highest BCUT2D eigenvalue weighted by molar-refractivity contribution is 6.01. The van der Waals surface area contributed by atoms with Crippen molar-refractivity contribution in [3.63, 3.8) is 0 Å². The SMILES string of the molecule is CCCCCNC(=O)C1CC(=O)N(c2ccc(OC)cc2OC)C1. The van der Waals surface area contributed by atoms with E-state index in [-0.39, 0.29) is 24.2 Å². The Morgan fingerprint density at radius 2 is 2.08 bits per heavy atom. The van der Waals surface area contributed by atoms with Gasteiger partial charge in [0.1, 0.15) is 11.5 Å². The summed E-state index contributed by atoms with van der Waals surface area (Å²) in [6, 6.07) is 5.31. The normalized spacial score (nSPS) is 17.0. The van der Waals surface area contributed by atoms with Crippen molar-refractivity contribution in [2.45, 2.75) is 32.6 Å². The molecule has 1 fully saturated rings. The van der Waals surface area contributed by atoms with Crippen molar-refractivity contribution in [2.75, 3.05) is 32.2 Å². The topological polar surface area (TPSA) is 67.9 Å². The zero-order valence-corrected chi connectivity index (χ0v) is 14.6. The van der Waals surface area contributed by atoms with Crippen molar-refractivity contribution < 1.29 is 19.1 Å². The fourth-order valence-electron chi connectivity index (χ4n) is 2.85. The molecule has 1 aromatic carbocycles. The van der Waals surface area contributed by atoms with Gasteiger partial charge in [0.2, 0.25) is 11.8 Å². The molecule has 0 bridgehead atoms. The first-order valence-electron chi connectivity index (χ1n) is 8.40. The van der Waals surface area contributed by atoms with Crippen molar-refractivity contribution in [3.8, 4) is 11.5 Å². The molecule has 2 amide bonds. The van der Waals surface area contributed by atoms with Crippen LogP contribution in [0.2, 0.25) is 0 Å². The number of benzene rings is 1. The molecule has 1 N–H and O–H groups in total. The average molecular weight is 334 g/mol. The Labute approximate surface area is 143 Å². The summed E-state index contributed by atoms with van der Waals surface area (Å²) in [5.41, 5.74) is 0.671. The summed E-state index contributed by atoms with van der Waals surface area (Å²) >= 11 is 0. The predicted octanol–water partition coefficient (Wildman–Crippen LogP) is 2.36. The Balaban J connectivity index is 2.03. The summed E-state index contributed by atoms with van der Waals surface area (Å²) in [5, 5.41) is 2.93. The van der Waals surface area contributed by atoms with Crippen LogP contribution in [0.3, 0.4) is 0 Å². The van der Waals surface area contributed by atoms with E-state index in [0.717, 1.165) is 19.3 Å². The first-order valence-corrected chi connectivity index (χ1v) is 8.40. The van der Waals surface area contributed by atoms with E-state index in [2.05, 4.69) is 12.2 Å². The summed E-state index contributed by atoms with van der Waals surface area (Å²) in [6.45, 7) is 3.17. The minimum Gasteiger partial charge on any atom is -0.497 e. The van der Waals surface area contributed by atoms with E-state index in [0.29, 0.717) is 30.3 Å². The summed E-state index contributed by atoms with van der Waals surface area (Å²) in [5.74, 6) is 0.798. The highest BCUT2D eigenvalue weighted by Crippen LogP contribution is 2.35. The molecule has 1 aliphatic heterocycles. The molecule has 0 radical (unpaired) electrons. The number of carbonyl (C=O) groups is 2. The molecule has 0 spiro atoms. The number of rotatable bonds is 8. The van der Waals surface area contributed by atoms with Crippen molar-refractivity contribution in [3.05, 3.63) is 18.2 Å². The molecule has 2 rings (SSSR count). The molecule has 0 aliphatic carbocycles. The Morgan fingerprint density at radius 1 is 1.29 bits per heavy atom. The van der Waals surface area contributed by atoms with E-state index in [1.54, 1.807) is 37.3 Å². The number of methoxy groups -OCH3 is 2. The van der Waals surface area contributed by atoms with Gasteiger partial charge in [-0.2, -0.15) is 0 Å². The summed E-state index contributed by atoms with van der Waals surface area (Å²) in [6.07, 6.45) is 3.41. The van der Waals surface area contributed by atoms with E-state index in [4.69, 9.17) is 9.47 Å². The van der Waals surface area contributed by atoms with Gasteiger partial charge in [-0.05, 0) is 18.6 Å². The van der Waals surface area contributed by atoms with Gasteiger partial charge in [-0.15, -0.1) is 0 Å². The number of hydrogen-bond acceptors (Lipinski definition) is 4. The summed E-state index contributed by atoms with van der Waals surface area (Å²) < 4.78 is 10.5. The Bertz CT molecular complexity index is 588. The monoisotopic (exact) mass is 334 g/mol. The zero-order valence-electron chi connectivity index (χ0n) is 14.6. The average Bonchev–Trinajstić information content (AvgIpc) is 2.99. The van der Waals surface area contributed by atoms with Crippen molar-refractivity contribution in [1.82, 2.24) is 5.32 Å². The van der Waals surface area contributed by atoms with Crippen LogP contribution in [0, 0.1) is 5.92 Å². The van der Waals surface area contributed by atoms with E-state index >= 15 is 0 Å². The molecule has 132 valence electrons. The smallest absolute Gasteiger partial charge is 0.227 e. The van der Waals surface area contributed by atoms with Crippen LogP contribution in [0.25, 0.3) is 0 Å². The third-order valence-corrected chi connectivity index (χ3v) is 4.25. The Hall–Kier alpha value is -2.24. The maximum Gasteiger partial charge on any atom is 0.227 e. The highest BCUT2D eigenvalue weighted by Gasteiger charge is 2.36. The number of unbranched alkanes of at least 4 members (excludes halogenated alkanes) is 2. The van der Waals surface area contributed by atoms with Crippen LogP contribution in [0.5, 0.6) is 11.5 Å². The third-order valence-electron chi connectivity index (χ3n) is 4.25. The fourth-order valence-corrected chi connectivity index (χ4v) is 2.85. The van der Waals surface area contributed by atoms with E-state index in [1.165, 1.54) is 0 Å². The lowest BCUT2D eigenvalue weighted by Gasteiger charge is -2.20. The van der Waals surface area contributed by atoms with Crippen LogP contribution < -0.4 is 19.7 Å². The van der Waals surface area contributed by atoms with E-state index < -0.39 is 0 Å². The molecular formula is C18H26N2O4. The molecule has 1 saturated heterocycles. The lowest BCUT2D eigenvalue weighted by Crippen LogP contribution is -2.33. The van der Waals surface area contributed by atoms with Crippen molar-refractivity contribution in [1.29, 1.82) is 0 Å². The number of amides is 2. The van der Waals surface area contributed by atoms with Gasteiger partial charge in [0.05, 0.1) is 25.8 Å². The zero-order chi connectivity index (χ0) is 17.5. The molecule has 1 atom stereocenters. The summed E-state index contributed by atoms with van der Waals surface area (Å²) in [7, 11) is 3.13. The van der Waals surface area contributed by atoms with Crippen LogP contribution in [-0.2, 0) is 9.59 Å². The van der Waals surface area contributed by atoms with Crippen LogP contribution in [0.4, 0.5) is 5.69 Å². The molecule has 1 heterocycles. The fraction of sp³-hybridized carbons (Fsp3) is 0.556. The lowest BCUT2D eigenvalue weighted by atomic mass is 10.1. The van der Waals surface area contributed by atoms with Gasteiger partial charge in [-0.3, -0.25) is 9.59 Å². The molecule has 6 heteroatoms. The van der Waals surface area contributed by atoms with Crippen molar-refractivity contribution >= 4 is 17.5 Å².